The minimum Gasteiger partial charge on any atom is -0.444 e. The third-order valence-corrected chi connectivity index (χ3v) is 3.61. The molecular formula is C20H43N5O3. The molecule has 0 fully saturated rings. The highest BCUT2D eigenvalue weighted by molar-refractivity contribution is 5.79. The maximum absolute atomic E-state index is 12.0. The molecule has 0 heterocycles. The van der Waals surface area contributed by atoms with Crippen LogP contribution in [0.1, 0.15) is 54.9 Å². The molecule has 8 nitrogen and oxygen atoms in total. The minimum atomic E-state index is -0.533. The van der Waals surface area contributed by atoms with E-state index in [1.807, 2.05) is 48.5 Å². The molecule has 0 bridgehead atoms. The van der Waals surface area contributed by atoms with Crippen LogP contribution in [0.4, 0.5) is 4.79 Å². The average Bonchev–Trinajstić information content (AvgIpc) is 2.52. The Morgan fingerprint density at radius 3 is 2.25 bits per heavy atom. The average molecular weight is 402 g/mol. The van der Waals surface area contributed by atoms with E-state index in [1.165, 1.54) is 0 Å². The third kappa shape index (κ3) is 14.5. The predicted molar refractivity (Wildman–Crippen MR) is 116 cm³/mol. The van der Waals surface area contributed by atoms with E-state index < -0.39 is 17.2 Å². The van der Waals surface area contributed by atoms with Crippen LogP contribution in [-0.2, 0) is 9.47 Å². The Morgan fingerprint density at radius 1 is 1.11 bits per heavy atom. The first-order valence-electron chi connectivity index (χ1n) is 10.2. The minimum absolute atomic E-state index is 0.115. The molecule has 3 N–H and O–H groups in total. The molecule has 0 spiro atoms. The van der Waals surface area contributed by atoms with Crippen molar-refractivity contribution in [2.24, 2.45) is 4.99 Å². The maximum atomic E-state index is 12.0. The fraction of sp³-hybridized carbons (Fsp3) is 0.900. The molecule has 1 amide bonds. The van der Waals surface area contributed by atoms with E-state index in [9.17, 15) is 4.79 Å². The Morgan fingerprint density at radius 2 is 1.75 bits per heavy atom. The lowest BCUT2D eigenvalue weighted by Crippen LogP contribution is -2.49. The lowest BCUT2D eigenvalue weighted by atomic mass is 10.1. The van der Waals surface area contributed by atoms with Gasteiger partial charge in [-0.05, 0) is 69.0 Å². The number of guanidine groups is 1. The second kappa shape index (κ2) is 12.8. The summed E-state index contributed by atoms with van der Waals surface area (Å²) in [5.41, 5.74) is -1.06. The quantitative estimate of drug-likeness (QED) is 0.363. The molecule has 0 aromatic rings. The number of hydrogen-bond donors (Lipinski definition) is 3. The van der Waals surface area contributed by atoms with E-state index in [0.717, 1.165) is 19.5 Å². The fourth-order valence-electron chi connectivity index (χ4n) is 2.33. The molecule has 28 heavy (non-hydrogen) atoms. The van der Waals surface area contributed by atoms with Crippen LogP contribution in [0.5, 0.6) is 0 Å². The second-order valence-corrected chi connectivity index (χ2v) is 8.76. The molecule has 0 aliphatic rings. The first kappa shape index (κ1) is 26.5. The number of nitrogens with zero attached hydrogens (tertiary/aromatic N) is 2. The summed E-state index contributed by atoms with van der Waals surface area (Å²) in [7, 11) is 4.11. The van der Waals surface area contributed by atoms with E-state index in [1.54, 1.807) is 0 Å². The summed E-state index contributed by atoms with van der Waals surface area (Å²) in [5.74, 6) is 0.705. The number of aliphatic imine (C=N–C) groups is 1. The van der Waals surface area contributed by atoms with E-state index in [4.69, 9.17) is 9.47 Å². The molecule has 166 valence electrons. The van der Waals surface area contributed by atoms with Crippen LogP contribution in [0.15, 0.2) is 4.99 Å². The van der Waals surface area contributed by atoms with Crippen LogP contribution in [0.25, 0.3) is 0 Å². The van der Waals surface area contributed by atoms with Crippen molar-refractivity contribution in [3.63, 3.8) is 0 Å². The normalized spacial score (nSPS) is 14.0. The number of hydrogen-bond acceptors (Lipinski definition) is 5. The summed E-state index contributed by atoms with van der Waals surface area (Å²) in [6.07, 6.45) is 0.619. The van der Waals surface area contributed by atoms with Crippen LogP contribution in [-0.4, -0.2) is 81.1 Å². The van der Waals surface area contributed by atoms with Crippen molar-refractivity contribution in [3.05, 3.63) is 0 Å². The maximum Gasteiger partial charge on any atom is 0.408 e. The van der Waals surface area contributed by atoms with Crippen LogP contribution in [0.2, 0.25) is 0 Å². The van der Waals surface area contributed by atoms with Crippen molar-refractivity contribution in [1.82, 2.24) is 20.9 Å². The second-order valence-electron chi connectivity index (χ2n) is 8.76. The van der Waals surface area contributed by atoms with Gasteiger partial charge in [-0.2, -0.15) is 0 Å². The number of nitrogens with one attached hydrogen (secondary N) is 3. The summed E-state index contributed by atoms with van der Waals surface area (Å²) in [6.45, 7) is 16.9. The highest BCUT2D eigenvalue weighted by Gasteiger charge is 2.24. The first-order chi connectivity index (χ1) is 12.9. The number of ether oxygens (including phenoxy) is 2. The molecule has 1 unspecified atom stereocenters. The molecule has 0 radical (unpaired) electrons. The van der Waals surface area contributed by atoms with E-state index in [0.29, 0.717) is 25.7 Å². The Labute approximate surface area is 171 Å². The molecule has 0 rings (SSSR count). The summed E-state index contributed by atoms with van der Waals surface area (Å²) in [4.78, 5) is 18.8. The van der Waals surface area contributed by atoms with Gasteiger partial charge in [0, 0.05) is 26.2 Å². The van der Waals surface area contributed by atoms with Gasteiger partial charge in [-0.1, -0.05) is 0 Å². The van der Waals surface area contributed by atoms with Crippen LogP contribution in [0.3, 0.4) is 0 Å². The zero-order chi connectivity index (χ0) is 21.8. The highest BCUT2D eigenvalue weighted by Crippen LogP contribution is 2.09. The number of amides is 1. The predicted octanol–water partition coefficient (Wildman–Crippen LogP) is 2.20. The smallest absolute Gasteiger partial charge is 0.408 e. The summed E-state index contributed by atoms with van der Waals surface area (Å²) < 4.78 is 11.1. The molecule has 8 heteroatoms. The van der Waals surface area contributed by atoms with E-state index in [2.05, 4.69) is 39.9 Å². The van der Waals surface area contributed by atoms with Gasteiger partial charge >= 0.3 is 6.09 Å². The Kier molecular flexibility index (Phi) is 12.1. The number of carbonyl (C=O) groups excluding carboxylic acids is 1. The Balaban J connectivity index is 4.77. The van der Waals surface area contributed by atoms with Crippen molar-refractivity contribution >= 4 is 12.1 Å². The fourth-order valence-corrected chi connectivity index (χ4v) is 2.33. The van der Waals surface area contributed by atoms with Crippen molar-refractivity contribution in [3.8, 4) is 0 Å². The summed E-state index contributed by atoms with van der Waals surface area (Å²) in [5, 5.41) is 9.46. The van der Waals surface area contributed by atoms with E-state index >= 15 is 0 Å². The first-order valence-corrected chi connectivity index (χ1v) is 10.2. The van der Waals surface area contributed by atoms with Crippen molar-refractivity contribution in [1.29, 1.82) is 0 Å². The lowest BCUT2D eigenvalue weighted by molar-refractivity contribution is 0.0476. The van der Waals surface area contributed by atoms with Crippen molar-refractivity contribution in [2.45, 2.75) is 72.1 Å². The third-order valence-electron chi connectivity index (χ3n) is 3.61. The zero-order valence-electron chi connectivity index (χ0n) is 19.4. The Bertz CT molecular complexity index is 473. The van der Waals surface area contributed by atoms with Gasteiger partial charge in [-0.15, -0.1) is 0 Å². The van der Waals surface area contributed by atoms with E-state index in [-0.39, 0.29) is 6.10 Å². The number of rotatable bonds is 11. The largest absolute Gasteiger partial charge is 0.444 e. The van der Waals surface area contributed by atoms with Crippen LogP contribution < -0.4 is 16.0 Å². The standard InChI is InChI=1S/C20H43N5O3/c1-10-21-17(22-14-16(27-11-2)12-13-25(8)9)23-15-20(6,7)24-18(26)28-19(3,4)5/h16H,10-15H2,1-9H3,(H,24,26)(H2,21,22,23). The van der Waals surface area contributed by atoms with Crippen LogP contribution in [0, 0.1) is 0 Å². The summed E-state index contributed by atoms with van der Waals surface area (Å²) >= 11 is 0. The molecule has 0 saturated carbocycles. The van der Waals surface area contributed by atoms with Crippen LogP contribution >= 0.6 is 0 Å². The summed E-state index contributed by atoms with van der Waals surface area (Å²) in [6, 6.07) is 0. The zero-order valence-corrected chi connectivity index (χ0v) is 19.4. The van der Waals surface area contributed by atoms with Gasteiger partial charge in [0.05, 0.1) is 18.2 Å². The van der Waals surface area contributed by atoms with Gasteiger partial charge in [0.25, 0.3) is 0 Å². The van der Waals surface area contributed by atoms with Gasteiger partial charge in [-0.3, -0.25) is 4.99 Å². The number of alkyl carbamates (subject to hydrolysis) is 1. The molecule has 0 aromatic heterocycles. The molecular weight excluding hydrogens is 358 g/mol. The molecule has 0 saturated heterocycles. The SMILES string of the molecule is CCNC(=NCC(C)(C)NC(=O)OC(C)(C)C)NCC(CCN(C)C)OCC. The van der Waals surface area contributed by atoms with Gasteiger partial charge in [-0.25, -0.2) is 4.79 Å². The number of carbonyl (C=O) groups is 1. The van der Waals surface area contributed by atoms with Gasteiger partial charge in [0.15, 0.2) is 5.96 Å². The molecule has 1 atom stereocenters. The molecule has 0 aliphatic heterocycles. The monoisotopic (exact) mass is 401 g/mol. The van der Waals surface area contributed by atoms with Crippen molar-refractivity contribution < 1.29 is 14.3 Å². The molecule has 0 aliphatic carbocycles. The van der Waals surface area contributed by atoms with Crippen molar-refractivity contribution in [2.75, 3.05) is 46.9 Å². The molecule has 0 aromatic carbocycles. The topological polar surface area (TPSA) is 87.2 Å². The highest BCUT2D eigenvalue weighted by atomic mass is 16.6. The van der Waals surface area contributed by atoms with Gasteiger partial charge < -0.3 is 30.3 Å². The Hall–Kier alpha value is -1.54. The van der Waals surface area contributed by atoms with Gasteiger partial charge in [0.2, 0.25) is 0 Å². The lowest BCUT2D eigenvalue weighted by Gasteiger charge is -2.28. The van der Waals surface area contributed by atoms with Gasteiger partial charge in [0.1, 0.15) is 5.60 Å².